The predicted molar refractivity (Wildman–Crippen MR) is 74.4 cm³/mol. The van der Waals surface area contributed by atoms with Gasteiger partial charge in [0.15, 0.2) is 0 Å². The van der Waals surface area contributed by atoms with Crippen molar-refractivity contribution in [2.24, 2.45) is 0 Å². The molecule has 4 nitrogen and oxygen atoms in total. The molecule has 0 saturated heterocycles. The van der Waals surface area contributed by atoms with Crippen molar-refractivity contribution in [3.63, 3.8) is 0 Å². The van der Waals surface area contributed by atoms with E-state index in [2.05, 4.69) is 23.4 Å². The standard InChI is InChI=1S/C15H18N4/c1-12-8-18-19(10-12)11-13(2)17-9-15-5-3-14(7-16)4-6-15/h3-6,8,10,13,17H,9,11H2,1-2H3/t13-/m0/s1. The third kappa shape index (κ3) is 3.94. The number of rotatable bonds is 5. The molecule has 1 atom stereocenters. The summed E-state index contributed by atoms with van der Waals surface area (Å²) in [6, 6.07) is 10.1. The van der Waals surface area contributed by atoms with E-state index >= 15 is 0 Å². The summed E-state index contributed by atoms with van der Waals surface area (Å²) < 4.78 is 1.95. The average molecular weight is 254 g/mol. The van der Waals surface area contributed by atoms with Gasteiger partial charge in [-0.1, -0.05) is 12.1 Å². The van der Waals surface area contributed by atoms with Crippen molar-refractivity contribution < 1.29 is 0 Å². The number of aromatic nitrogens is 2. The molecule has 1 aromatic heterocycles. The molecule has 19 heavy (non-hydrogen) atoms. The molecule has 0 unspecified atom stereocenters. The monoisotopic (exact) mass is 254 g/mol. The van der Waals surface area contributed by atoms with Crippen LogP contribution in [0.4, 0.5) is 0 Å². The lowest BCUT2D eigenvalue weighted by atomic mass is 10.1. The highest BCUT2D eigenvalue weighted by atomic mass is 15.3. The Morgan fingerprint density at radius 2 is 2.11 bits per heavy atom. The van der Waals surface area contributed by atoms with Gasteiger partial charge in [0, 0.05) is 18.8 Å². The minimum Gasteiger partial charge on any atom is -0.308 e. The second kappa shape index (κ2) is 6.17. The van der Waals surface area contributed by atoms with E-state index in [-0.39, 0.29) is 0 Å². The van der Waals surface area contributed by atoms with Gasteiger partial charge in [-0.25, -0.2) is 0 Å². The molecule has 0 aliphatic rings. The smallest absolute Gasteiger partial charge is 0.0991 e. The van der Waals surface area contributed by atoms with E-state index in [9.17, 15) is 0 Å². The maximum atomic E-state index is 8.74. The van der Waals surface area contributed by atoms with Crippen LogP contribution < -0.4 is 5.32 Å². The number of hydrogen-bond acceptors (Lipinski definition) is 3. The number of benzene rings is 1. The lowest BCUT2D eigenvalue weighted by Crippen LogP contribution is -2.30. The highest BCUT2D eigenvalue weighted by Gasteiger charge is 2.03. The summed E-state index contributed by atoms with van der Waals surface area (Å²) in [5, 5.41) is 16.5. The Balaban J connectivity index is 1.82. The van der Waals surface area contributed by atoms with E-state index < -0.39 is 0 Å². The van der Waals surface area contributed by atoms with Crippen molar-refractivity contribution in [1.29, 1.82) is 5.26 Å². The van der Waals surface area contributed by atoms with Gasteiger partial charge in [-0.2, -0.15) is 10.4 Å². The minimum atomic E-state index is 0.343. The van der Waals surface area contributed by atoms with Crippen LogP contribution in [0.15, 0.2) is 36.7 Å². The van der Waals surface area contributed by atoms with Gasteiger partial charge in [-0.05, 0) is 37.1 Å². The van der Waals surface area contributed by atoms with Crippen LogP contribution in [0.5, 0.6) is 0 Å². The maximum absolute atomic E-state index is 8.74. The molecular weight excluding hydrogens is 236 g/mol. The first-order chi connectivity index (χ1) is 9.17. The molecule has 1 heterocycles. The molecule has 1 N–H and O–H groups in total. The maximum Gasteiger partial charge on any atom is 0.0991 e. The highest BCUT2D eigenvalue weighted by molar-refractivity contribution is 5.31. The first-order valence-electron chi connectivity index (χ1n) is 6.39. The molecule has 0 radical (unpaired) electrons. The van der Waals surface area contributed by atoms with Crippen molar-refractivity contribution in [1.82, 2.24) is 15.1 Å². The number of nitrogens with one attached hydrogen (secondary N) is 1. The number of nitriles is 1. The summed E-state index contributed by atoms with van der Waals surface area (Å²) in [6.07, 6.45) is 3.91. The Bertz CT molecular complexity index is 563. The van der Waals surface area contributed by atoms with Crippen molar-refractivity contribution in [3.05, 3.63) is 53.3 Å². The largest absolute Gasteiger partial charge is 0.308 e. The molecule has 0 fully saturated rings. The summed E-state index contributed by atoms with van der Waals surface area (Å²) in [4.78, 5) is 0. The molecule has 4 heteroatoms. The fourth-order valence-corrected chi connectivity index (χ4v) is 1.90. The summed E-state index contributed by atoms with van der Waals surface area (Å²) >= 11 is 0. The summed E-state index contributed by atoms with van der Waals surface area (Å²) in [5.41, 5.74) is 3.06. The third-order valence-electron chi connectivity index (χ3n) is 2.96. The van der Waals surface area contributed by atoms with Gasteiger partial charge >= 0.3 is 0 Å². The van der Waals surface area contributed by atoms with Crippen LogP contribution in [0.2, 0.25) is 0 Å². The Morgan fingerprint density at radius 3 is 2.68 bits per heavy atom. The van der Waals surface area contributed by atoms with Crippen molar-refractivity contribution in [3.8, 4) is 6.07 Å². The van der Waals surface area contributed by atoms with Gasteiger partial charge in [0.25, 0.3) is 0 Å². The van der Waals surface area contributed by atoms with Crippen molar-refractivity contribution in [2.75, 3.05) is 0 Å². The van der Waals surface area contributed by atoms with Crippen LogP contribution >= 0.6 is 0 Å². The summed E-state index contributed by atoms with van der Waals surface area (Å²) in [5.74, 6) is 0. The lowest BCUT2D eigenvalue weighted by Gasteiger charge is -2.14. The van der Waals surface area contributed by atoms with E-state index in [0.29, 0.717) is 11.6 Å². The molecule has 0 aliphatic carbocycles. The summed E-state index contributed by atoms with van der Waals surface area (Å²) in [6.45, 7) is 5.83. The zero-order chi connectivity index (χ0) is 13.7. The molecule has 2 aromatic rings. The summed E-state index contributed by atoms with van der Waals surface area (Å²) in [7, 11) is 0. The fourth-order valence-electron chi connectivity index (χ4n) is 1.90. The molecular formula is C15H18N4. The highest BCUT2D eigenvalue weighted by Crippen LogP contribution is 2.04. The Labute approximate surface area is 113 Å². The van der Waals surface area contributed by atoms with Crippen LogP contribution in [-0.4, -0.2) is 15.8 Å². The van der Waals surface area contributed by atoms with Gasteiger partial charge < -0.3 is 5.32 Å². The fraction of sp³-hybridized carbons (Fsp3) is 0.333. The second-order valence-electron chi connectivity index (χ2n) is 4.83. The van der Waals surface area contributed by atoms with Gasteiger partial charge in [0.1, 0.15) is 0 Å². The molecule has 98 valence electrons. The van der Waals surface area contributed by atoms with Gasteiger partial charge in [0.2, 0.25) is 0 Å². The molecule has 2 rings (SSSR count). The Kier molecular flexibility index (Phi) is 4.32. The van der Waals surface area contributed by atoms with Crippen molar-refractivity contribution in [2.45, 2.75) is 33.0 Å². The van der Waals surface area contributed by atoms with Crippen LogP contribution in [0, 0.1) is 18.3 Å². The van der Waals surface area contributed by atoms with E-state index in [1.165, 1.54) is 11.1 Å². The third-order valence-corrected chi connectivity index (χ3v) is 2.96. The first kappa shape index (κ1) is 13.3. The first-order valence-corrected chi connectivity index (χ1v) is 6.39. The van der Waals surface area contributed by atoms with Gasteiger partial charge in [0.05, 0.1) is 24.4 Å². The molecule has 0 bridgehead atoms. The molecule has 0 spiro atoms. The second-order valence-corrected chi connectivity index (χ2v) is 4.83. The Morgan fingerprint density at radius 1 is 1.37 bits per heavy atom. The van der Waals surface area contributed by atoms with Crippen LogP contribution in [-0.2, 0) is 13.1 Å². The van der Waals surface area contributed by atoms with E-state index in [1.54, 1.807) is 0 Å². The topological polar surface area (TPSA) is 53.6 Å². The molecule has 1 aromatic carbocycles. The Hall–Kier alpha value is -2.12. The van der Waals surface area contributed by atoms with Crippen LogP contribution in [0.3, 0.4) is 0 Å². The van der Waals surface area contributed by atoms with E-state index in [1.807, 2.05) is 48.3 Å². The minimum absolute atomic E-state index is 0.343. The predicted octanol–water partition coefficient (Wildman–Crippen LogP) is 2.24. The SMILES string of the molecule is Cc1cnn(C[C@H](C)NCc2ccc(C#N)cc2)c1. The van der Waals surface area contributed by atoms with E-state index in [0.717, 1.165) is 13.1 Å². The quantitative estimate of drug-likeness (QED) is 0.890. The van der Waals surface area contributed by atoms with Crippen molar-refractivity contribution >= 4 is 0 Å². The average Bonchev–Trinajstić information content (AvgIpc) is 2.82. The zero-order valence-corrected chi connectivity index (χ0v) is 11.3. The van der Waals surface area contributed by atoms with E-state index in [4.69, 9.17) is 5.26 Å². The van der Waals surface area contributed by atoms with Crippen LogP contribution in [0.25, 0.3) is 0 Å². The lowest BCUT2D eigenvalue weighted by molar-refractivity contribution is 0.450. The van der Waals surface area contributed by atoms with Gasteiger partial charge in [-0.15, -0.1) is 0 Å². The normalized spacial score (nSPS) is 12.1. The van der Waals surface area contributed by atoms with Gasteiger partial charge in [-0.3, -0.25) is 4.68 Å². The zero-order valence-electron chi connectivity index (χ0n) is 11.3. The van der Waals surface area contributed by atoms with Crippen LogP contribution in [0.1, 0.15) is 23.6 Å². The molecule has 0 amide bonds. The number of hydrogen-bond donors (Lipinski definition) is 1. The molecule has 0 aliphatic heterocycles. The number of nitrogens with zero attached hydrogens (tertiary/aromatic N) is 3. The number of aryl methyl sites for hydroxylation is 1. The molecule has 0 saturated carbocycles.